The number of rotatable bonds is 80. The molecule has 0 heterocycles. The third-order valence-electron chi connectivity index (χ3n) is 18.7. The van der Waals surface area contributed by atoms with E-state index in [4.69, 9.17) is 37.0 Å². The number of ether oxygens (including phenoxy) is 4. The van der Waals surface area contributed by atoms with Gasteiger partial charge in [0, 0.05) is 25.7 Å². The maximum absolute atomic E-state index is 13.1. The molecule has 596 valence electrons. The van der Waals surface area contributed by atoms with Crippen molar-refractivity contribution in [1.82, 2.24) is 0 Å². The first-order valence-electron chi connectivity index (χ1n) is 42.0. The SMILES string of the molecule is CCCCCC/C=C\C=C/CCCCCCCC(=O)OC[C@H](COP(=O)(O)OC[C@@H](O)COP(=O)(O)OC[C@@H](COC(=O)CCCCCCCCCCCCCC)OC(=O)CCCCCCCCCCCCCCCCC)OC(=O)CCCCCCCCCCCCCCCCCCC(C)C. The van der Waals surface area contributed by atoms with Crippen molar-refractivity contribution in [2.75, 3.05) is 39.6 Å². The van der Waals surface area contributed by atoms with Gasteiger partial charge in [-0.25, -0.2) is 9.13 Å². The zero-order chi connectivity index (χ0) is 74.1. The monoisotopic (exact) mass is 1480 g/mol. The van der Waals surface area contributed by atoms with Crippen LogP contribution >= 0.6 is 15.6 Å². The van der Waals surface area contributed by atoms with E-state index in [1.165, 1.54) is 218 Å². The second-order valence-electron chi connectivity index (χ2n) is 29.3. The minimum absolute atomic E-state index is 0.101. The van der Waals surface area contributed by atoms with Crippen LogP contribution in [0.4, 0.5) is 0 Å². The van der Waals surface area contributed by atoms with Crippen LogP contribution in [0.1, 0.15) is 413 Å². The summed E-state index contributed by atoms with van der Waals surface area (Å²) in [6.07, 6.45) is 68.6. The van der Waals surface area contributed by atoms with Crippen LogP contribution < -0.4 is 0 Å². The van der Waals surface area contributed by atoms with Crippen molar-refractivity contribution >= 4 is 39.5 Å². The van der Waals surface area contributed by atoms with Gasteiger partial charge < -0.3 is 33.8 Å². The number of esters is 4. The van der Waals surface area contributed by atoms with Crippen molar-refractivity contribution in [3.8, 4) is 0 Å². The topological polar surface area (TPSA) is 237 Å². The molecule has 5 atom stereocenters. The second kappa shape index (κ2) is 74.4. The molecule has 0 aromatic carbocycles. The summed E-state index contributed by atoms with van der Waals surface area (Å²) in [6, 6.07) is 0. The molecule has 0 amide bonds. The highest BCUT2D eigenvalue weighted by atomic mass is 31.2. The number of carbonyl (C=O) groups excluding carboxylic acids is 4. The van der Waals surface area contributed by atoms with Crippen molar-refractivity contribution in [2.24, 2.45) is 5.92 Å². The zero-order valence-electron chi connectivity index (χ0n) is 65.5. The van der Waals surface area contributed by atoms with Crippen molar-refractivity contribution in [3.63, 3.8) is 0 Å². The number of allylic oxidation sites excluding steroid dienone is 4. The Bertz CT molecular complexity index is 2020. The number of phosphoric ester groups is 2. The molecular formula is C82H156O17P2. The fourth-order valence-corrected chi connectivity index (χ4v) is 13.8. The van der Waals surface area contributed by atoms with Crippen molar-refractivity contribution in [3.05, 3.63) is 24.3 Å². The first-order chi connectivity index (χ1) is 49.0. The summed E-state index contributed by atoms with van der Waals surface area (Å²) in [5.74, 6) is -1.33. The molecule has 101 heavy (non-hydrogen) atoms. The maximum atomic E-state index is 13.1. The van der Waals surface area contributed by atoms with Gasteiger partial charge >= 0.3 is 39.5 Å². The van der Waals surface area contributed by atoms with Crippen LogP contribution in [0.3, 0.4) is 0 Å². The molecule has 0 saturated carbocycles. The van der Waals surface area contributed by atoms with Gasteiger partial charge in [-0.05, 0) is 57.3 Å². The minimum atomic E-state index is -4.97. The number of aliphatic hydroxyl groups excluding tert-OH is 1. The summed E-state index contributed by atoms with van der Waals surface area (Å²) >= 11 is 0. The van der Waals surface area contributed by atoms with E-state index in [1.54, 1.807) is 0 Å². The fourth-order valence-electron chi connectivity index (χ4n) is 12.2. The van der Waals surface area contributed by atoms with Crippen LogP contribution in [0.5, 0.6) is 0 Å². The lowest BCUT2D eigenvalue weighted by Gasteiger charge is -2.21. The van der Waals surface area contributed by atoms with Gasteiger partial charge in [-0.3, -0.25) is 37.3 Å². The van der Waals surface area contributed by atoms with E-state index in [9.17, 15) is 43.2 Å². The third kappa shape index (κ3) is 75.6. The molecule has 0 aromatic rings. The Morgan fingerprint density at radius 1 is 0.307 bits per heavy atom. The highest BCUT2D eigenvalue weighted by Gasteiger charge is 2.30. The Morgan fingerprint density at radius 3 is 0.812 bits per heavy atom. The lowest BCUT2D eigenvalue weighted by molar-refractivity contribution is -0.161. The van der Waals surface area contributed by atoms with E-state index in [0.29, 0.717) is 25.7 Å². The number of aliphatic hydroxyl groups is 1. The largest absolute Gasteiger partial charge is 0.472 e. The average Bonchev–Trinajstić information content (AvgIpc) is 0.948. The van der Waals surface area contributed by atoms with E-state index in [2.05, 4.69) is 58.9 Å². The highest BCUT2D eigenvalue weighted by Crippen LogP contribution is 2.45. The summed E-state index contributed by atoms with van der Waals surface area (Å²) in [4.78, 5) is 73.1. The van der Waals surface area contributed by atoms with Gasteiger partial charge in [-0.2, -0.15) is 0 Å². The maximum Gasteiger partial charge on any atom is 0.472 e. The standard InChI is InChI=1S/C82H156O17P2/c1-6-9-12-15-18-21-24-27-31-36-41-46-51-56-61-66-80(85)93-72-78(99-82(87)68-63-58-53-48-43-38-34-30-29-33-35-39-44-49-54-59-64-75(4)5)74-97-101(90,91)95-70-76(83)69-94-100(88,89)96-73-77(71-92-79(84)65-60-55-50-45-40-26-23-20-17-14-11-8-3)98-81(86)67-62-57-52-47-42-37-32-28-25-22-19-16-13-10-7-2/h21,24,27,31,75-78,83H,6-20,22-23,25-26,28-30,32-74H2,1-5H3,(H,88,89)(H,90,91)/b24-21-,31-27-/t76-,77+,78+/m0/s1. The molecule has 19 heteroatoms. The van der Waals surface area contributed by atoms with Gasteiger partial charge in [0.15, 0.2) is 12.2 Å². The van der Waals surface area contributed by atoms with E-state index in [0.717, 1.165) is 115 Å². The summed E-state index contributed by atoms with van der Waals surface area (Å²) < 4.78 is 68.7. The quantitative estimate of drug-likeness (QED) is 0.0169. The average molecular weight is 1480 g/mol. The van der Waals surface area contributed by atoms with E-state index in [-0.39, 0.29) is 25.7 Å². The summed E-state index contributed by atoms with van der Waals surface area (Å²) in [5.41, 5.74) is 0. The van der Waals surface area contributed by atoms with Crippen molar-refractivity contribution in [1.29, 1.82) is 0 Å². The second-order valence-corrected chi connectivity index (χ2v) is 32.2. The lowest BCUT2D eigenvalue weighted by Crippen LogP contribution is -2.30. The van der Waals surface area contributed by atoms with Gasteiger partial charge in [-0.1, -0.05) is 361 Å². The summed E-state index contributed by atoms with van der Waals surface area (Å²) in [6.45, 7) is 7.31. The molecule has 0 radical (unpaired) electrons. The number of hydrogen-bond donors (Lipinski definition) is 3. The first-order valence-corrected chi connectivity index (χ1v) is 44.9. The molecule has 0 spiro atoms. The summed E-state index contributed by atoms with van der Waals surface area (Å²) in [5, 5.41) is 10.6. The van der Waals surface area contributed by atoms with Crippen LogP contribution in [-0.2, 0) is 65.4 Å². The summed E-state index contributed by atoms with van der Waals surface area (Å²) in [7, 11) is -9.93. The molecule has 0 bridgehead atoms. The molecular weight excluding hydrogens is 1320 g/mol. The van der Waals surface area contributed by atoms with Gasteiger partial charge in [0.2, 0.25) is 0 Å². The van der Waals surface area contributed by atoms with Crippen molar-refractivity contribution < 1.29 is 80.2 Å². The van der Waals surface area contributed by atoms with E-state index >= 15 is 0 Å². The van der Waals surface area contributed by atoms with Gasteiger partial charge in [0.05, 0.1) is 26.4 Å². The Hall–Kier alpha value is -2.46. The van der Waals surface area contributed by atoms with Gasteiger partial charge in [0.1, 0.15) is 19.3 Å². The van der Waals surface area contributed by atoms with E-state index in [1.807, 2.05) is 0 Å². The minimum Gasteiger partial charge on any atom is -0.462 e. The predicted octanol–water partition coefficient (Wildman–Crippen LogP) is 24.4. The number of hydrogen-bond acceptors (Lipinski definition) is 15. The number of carbonyl (C=O) groups is 4. The Balaban J connectivity index is 5.29. The van der Waals surface area contributed by atoms with Crippen LogP contribution in [0.15, 0.2) is 24.3 Å². The number of phosphoric acid groups is 2. The van der Waals surface area contributed by atoms with Gasteiger partial charge in [-0.15, -0.1) is 0 Å². The zero-order valence-corrected chi connectivity index (χ0v) is 67.3. The molecule has 0 fully saturated rings. The molecule has 0 aliphatic rings. The molecule has 0 aliphatic heterocycles. The van der Waals surface area contributed by atoms with E-state index < -0.39 is 97.5 Å². The van der Waals surface area contributed by atoms with Crippen LogP contribution in [0, 0.1) is 5.92 Å². The third-order valence-corrected chi connectivity index (χ3v) is 20.6. The molecule has 2 unspecified atom stereocenters. The molecule has 0 aromatic heterocycles. The number of unbranched alkanes of at least 4 members (excludes halogenated alkanes) is 49. The smallest absolute Gasteiger partial charge is 0.462 e. The molecule has 0 saturated heterocycles. The lowest BCUT2D eigenvalue weighted by atomic mass is 10.0. The fraction of sp³-hybridized carbons (Fsp3) is 0.902. The van der Waals surface area contributed by atoms with Crippen LogP contribution in [0.2, 0.25) is 0 Å². The Labute approximate surface area is 618 Å². The van der Waals surface area contributed by atoms with Crippen LogP contribution in [-0.4, -0.2) is 96.7 Å². The normalized spacial score (nSPS) is 14.0. The van der Waals surface area contributed by atoms with Gasteiger partial charge in [0.25, 0.3) is 0 Å². The highest BCUT2D eigenvalue weighted by molar-refractivity contribution is 7.47. The molecule has 3 N–H and O–H groups in total. The predicted molar refractivity (Wildman–Crippen MR) is 414 cm³/mol. The Morgan fingerprint density at radius 2 is 0.535 bits per heavy atom. The van der Waals surface area contributed by atoms with Crippen LogP contribution in [0.25, 0.3) is 0 Å². The molecule has 0 rings (SSSR count). The molecule has 17 nitrogen and oxygen atoms in total. The molecule has 0 aliphatic carbocycles. The first kappa shape index (κ1) is 98.5. The van der Waals surface area contributed by atoms with Crippen molar-refractivity contribution in [2.45, 2.75) is 432 Å². The Kier molecular flexibility index (Phi) is 72.6.